The van der Waals surface area contributed by atoms with E-state index in [2.05, 4.69) is 45.9 Å². The number of furan rings is 1. The zero-order valence-corrected chi connectivity index (χ0v) is 25.6. The Morgan fingerprint density at radius 3 is 2.77 bits per heavy atom. The molecule has 214 valence electrons. The first kappa shape index (κ1) is 29.7. The lowest BCUT2D eigenvalue weighted by Gasteiger charge is -2.25. The quantitative estimate of drug-likeness (QED) is 0.133. The number of methoxy groups -OCH3 is 1. The van der Waals surface area contributed by atoms with Crippen molar-refractivity contribution in [1.29, 1.82) is 0 Å². The molecule has 1 aliphatic rings. The number of fused-ring (bicyclic) bond motifs is 2. The van der Waals surface area contributed by atoms with E-state index in [1.165, 1.54) is 18.1 Å². The van der Waals surface area contributed by atoms with Gasteiger partial charge < -0.3 is 24.1 Å². The van der Waals surface area contributed by atoms with E-state index in [9.17, 15) is 18.8 Å². The molecule has 0 saturated carbocycles. The van der Waals surface area contributed by atoms with E-state index in [1.807, 2.05) is 6.92 Å². The minimum absolute atomic E-state index is 0.0288. The van der Waals surface area contributed by atoms with Gasteiger partial charge in [-0.1, -0.05) is 25.7 Å². The number of nitrogens with zero attached hydrogens (tertiary/aromatic N) is 3. The molecule has 10 nitrogen and oxygen atoms in total. The molecule has 1 atom stereocenters. The number of aryl methyl sites for hydroxylation is 1. The van der Waals surface area contributed by atoms with Crippen molar-refractivity contribution in [2.75, 3.05) is 27.0 Å². The second kappa shape index (κ2) is 12.1. The van der Waals surface area contributed by atoms with Crippen molar-refractivity contribution in [2.45, 2.75) is 45.2 Å². The SMILES string of the molecule is COc1ccc2c(c1F)C(=O)N(C[C@H](NC(=O)N(C=O)COCC[Si](C)(C)C)c1cc3nc(C)c(Br)cc3o1)C2. The number of nitrogens with one attached hydrogen (secondary N) is 1. The highest BCUT2D eigenvalue weighted by Gasteiger charge is 2.35. The van der Waals surface area contributed by atoms with Crippen LogP contribution in [0.1, 0.15) is 33.4 Å². The second-order valence-corrected chi connectivity index (χ2v) is 17.3. The Kier molecular flexibility index (Phi) is 8.95. The third-order valence-electron chi connectivity index (χ3n) is 6.58. The lowest BCUT2D eigenvalue weighted by Crippen LogP contribution is -2.45. The molecule has 40 heavy (non-hydrogen) atoms. The fourth-order valence-electron chi connectivity index (χ4n) is 4.27. The molecule has 2 aromatic heterocycles. The summed E-state index contributed by atoms with van der Waals surface area (Å²) in [5.74, 6) is -0.983. The van der Waals surface area contributed by atoms with E-state index in [0.717, 1.165) is 21.1 Å². The Morgan fingerprint density at radius 1 is 1.35 bits per heavy atom. The number of hydrogen-bond donors (Lipinski definition) is 1. The second-order valence-electron chi connectivity index (χ2n) is 10.8. The van der Waals surface area contributed by atoms with Crippen LogP contribution in [-0.4, -0.2) is 68.2 Å². The van der Waals surface area contributed by atoms with Crippen LogP contribution in [0, 0.1) is 12.7 Å². The number of imide groups is 1. The maximum Gasteiger partial charge on any atom is 0.326 e. The summed E-state index contributed by atoms with van der Waals surface area (Å²) in [5, 5.41) is 2.78. The topological polar surface area (TPSA) is 114 Å². The predicted molar refractivity (Wildman–Crippen MR) is 152 cm³/mol. The molecule has 0 radical (unpaired) electrons. The van der Waals surface area contributed by atoms with Crippen LogP contribution in [0.4, 0.5) is 9.18 Å². The highest BCUT2D eigenvalue weighted by atomic mass is 79.9. The summed E-state index contributed by atoms with van der Waals surface area (Å²) >= 11 is 3.44. The number of hydrogen-bond acceptors (Lipinski definition) is 7. The van der Waals surface area contributed by atoms with E-state index < -0.39 is 31.9 Å². The van der Waals surface area contributed by atoms with Crippen LogP contribution in [0.5, 0.6) is 5.75 Å². The van der Waals surface area contributed by atoms with Crippen LogP contribution in [-0.2, 0) is 16.1 Å². The van der Waals surface area contributed by atoms with Crippen LogP contribution in [0.3, 0.4) is 0 Å². The molecule has 0 bridgehead atoms. The Bertz CT molecular complexity index is 1400. The Hall–Kier alpha value is -3.29. The average molecular weight is 636 g/mol. The molecule has 1 aliphatic heterocycles. The molecule has 0 fully saturated rings. The summed E-state index contributed by atoms with van der Waals surface area (Å²) in [6.45, 7) is 8.72. The van der Waals surface area contributed by atoms with Crippen molar-refractivity contribution in [3.05, 3.63) is 57.1 Å². The van der Waals surface area contributed by atoms with Crippen molar-refractivity contribution in [1.82, 2.24) is 20.1 Å². The summed E-state index contributed by atoms with van der Waals surface area (Å²) in [7, 11) is -0.0220. The number of carbonyl (C=O) groups excluding carboxylic acids is 3. The number of amides is 4. The lowest BCUT2D eigenvalue weighted by molar-refractivity contribution is -0.119. The molecule has 0 spiro atoms. The van der Waals surface area contributed by atoms with Crippen LogP contribution >= 0.6 is 15.9 Å². The van der Waals surface area contributed by atoms with Gasteiger partial charge in [0, 0.05) is 38.3 Å². The Morgan fingerprint density at radius 2 is 2.10 bits per heavy atom. The Labute approximate surface area is 240 Å². The normalized spacial score (nSPS) is 13.9. The summed E-state index contributed by atoms with van der Waals surface area (Å²) in [4.78, 5) is 44.9. The van der Waals surface area contributed by atoms with Gasteiger partial charge in [0.05, 0.1) is 18.4 Å². The monoisotopic (exact) mass is 634 g/mol. The van der Waals surface area contributed by atoms with Gasteiger partial charge in [-0.25, -0.2) is 19.1 Å². The van der Waals surface area contributed by atoms with Crippen molar-refractivity contribution in [3.8, 4) is 5.75 Å². The molecule has 13 heteroatoms. The average Bonchev–Trinajstić information content (AvgIpc) is 3.44. The van der Waals surface area contributed by atoms with Gasteiger partial charge in [0.2, 0.25) is 6.41 Å². The van der Waals surface area contributed by atoms with Gasteiger partial charge in [-0.2, -0.15) is 0 Å². The molecule has 1 aromatic carbocycles. The minimum atomic E-state index is -1.35. The highest BCUT2D eigenvalue weighted by Crippen LogP contribution is 2.33. The molecule has 3 aromatic rings. The van der Waals surface area contributed by atoms with Gasteiger partial charge in [0.1, 0.15) is 24.0 Å². The van der Waals surface area contributed by atoms with E-state index in [4.69, 9.17) is 13.9 Å². The number of urea groups is 1. The van der Waals surface area contributed by atoms with Crippen molar-refractivity contribution in [2.24, 2.45) is 0 Å². The number of aromatic nitrogens is 1. The van der Waals surface area contributed by atoms with Crippen LogP contribution in [0.2, 0.25) is 25.7 Å². The maximum absolute atomic E-state index is 14.9. The molecular formula is C27H32BrFN4O6Si. The zero-order chi connectivity index (χ0) is 29.2. The molecular weight excluding hydrogens is 603 g/mol. The molecule has 0 unspecified atom stereocenters. The molecule has 3 heterocycles. The minimum Gasteiger partial charge on any atom is -0.494 e. The first-order valence-corrected chi connectivity index (χ1v) is 17.2. The van der Waals surface area contributed by atoms with E-state index >= 15 is 0 Å². The standard InChI is InChI=1S/C27H32BrFN4O6Si/c1-16-18(28)10-22-19(30-16)11-23(39-22)20(31-27(36)33(14-34)15-38-8-9-40(3,4)5)13-32-12-17-6-7-21(37-2)25(29)24(17)26(32)35/h6-7,10-11,14,20H,8-9,12-13,15H2,1-5H3,(H,31,36)/t20-/m0/s1. The fourth-order valence-corrected chi connectivity index (χ4v) is 5.32. The number of ether oxygens (including phenoxy) is 2. The third-order valence-corrected chi connectivity index (χ3v) is 9.09. The zero-order valence-electron chi connectivity index (χ0n) is 23.0. The van der Waals surface area contributed by atoms with Gasteiger partial charge in [-0.15, -0.1) is 0 Å². The number of benzene rings is 1. The summed E-state index contributed by atoms with van der Waals surface area (Å²) in [6.07, 6.45) is 0.389. The fraction of sp³-hybridized carbons (Fsp3) is 0.407. The first-order valence-electron chi connectivity index (χ1n) is 12.7. The van der Waals surface area contributed by atoms with Gasteiger partial charge in [-0.05, 0) is 46.6 Å². The van der Waals surface area contributed by atoms with E-state index in [-0.39, 0.29) is 31.1 Å². The van der Waals surface area contributed by atoms with Crippen molar-refractivity contribution in [3.63, 3.8) is 0 Å². The molecule has 4 rings (SSSR count). The molecule has 4 amide bonds. The maximum atomic E-state index is 14.9. The van der Waals surface area contributed by atoms with Gasteiger partial charge in [-0.3, -0.25) is 9.59 Å². The highest BCUT2D eigenvalue weighted by molar-refractivity contribution is 9.10. The summed E-state index contributed by atoms with van der Waals surface area (Å²) in [5.41, 5.74) is 2.21. The van der Waals surface area contributed by atoms with Gasteiger partial charge >= 0.3 is 6.03 Å². The first-order chi connectivity index (χ1) is 18.9. The van der Waals surface area contributed by atoms with Crippen molar-refractivity contribution >= 4 is 53.5 Å². The number of halogens is 2. The number of pyridine rings is 1. The van der Waals surface area contributed by atoms with Crippen LogP contribution in [0.25, 0.3) is 11.1 Å². The van der Waals surface area contributed by atoms with Gasteiger partial charge in [0.15, 0.2) is 17.1 Å². The molecule has 1 N–H and O–H groups in total. The third kappa shape index (κ3) is 6.53. The van der Waals surface area contributed by atoms with Crippen molar-refractivity contribution < 1.29 is 32.7 Å². The molecule has 0 saturated heterocycles. The Balaban J connectivity index is 1.58. The van der Waals surface area contributed by atoms with E-state index in [0.29, 0.717) is 35.4 Å². The van der Waals surface area contributed by atoms with Gasteiger partial charge in [0.25, 0.3) is 5.91 Å². The summed E-state index contributed by atoms with van der Waals surface area (Å²) < 4.78 is 32.3. The molecule has 0 aliphatic carbocycles. The van der Waals surface area contributed by atoms with E-state index in [1.54, 1.807) is 18.2 Å². The largest absolute Gasteiger partial charge is 0.494 e. The number of rotatable bonds is 11. The summed E-state index contributed by atoms with van der Waals surface area (Å²) in [6, 6.07) is 5.82. The number of carbonyl (C=O) groups is 3. The van der Waals surface area contributed by atoms with Crippen LogP contribution < -0.4 is 10.1 Å². The van der Waals surface area contributed by atoms with Crippen LogP contribution in [0.15, 0.2) is 33.2 Å². The smallest absolute Gasteiger partial charge is 0.326 e. The predicted octanol–water partition coefficient (Wildman–Crippen LogP) is 5.22. The lowest BCUT2D eigenvalue weighted by atomic mass is 10.1.